The molecule has 0 aliphatic carbocycles. The fourth-order valence-electron chi connectivity index (χ4n) is 2.24. The smallest absolute Gasteiger partial charge is 0.123 e. The molecule has 4 heteroatoms. The first-order chi connectivity index (χ1) is 9.69. The number of hydrogen-bond donors (Lipinski definition) is 1. The summed E-state index contributed by atoms with van der Waals surface area (Å²) in [5.41, 5.74) is 2.03. The highest BCUT2D eigenvalue weighted by Gasteiger charge is 2.12. The standard InChI is InChI=1S/C16H18BrFN2/c1-2-19-15(11-14-5-3-4-8-20-14)10-12-9-13(18)6-7-16(12)17/h3-9,15,19H,2,10-11H2,1H3. The predicted octanol–water partition coefficient (Wildman–Crippen LogP) is 3.75. The van der Waals surface area contributed by atoms with Crippen LogP contribution in [0.15, 0.2) is 47.1 Å². The Morgan fingerprint density at radius 3 is 2.80 bits per heavy atom. The first kappa shape index (κ1) is 15.1. The third kappa shape index (κ3) is 4.39. The molecule has 2 nitrogen and oxygen atoms in total. The van der Waals surface area contributed by atoms with Crippen LogP contribution in [-0.2, 0) is 12.8 Å². The second-order valence-corrected chi connectivity index (χ2v) is 5.57. The normalized spacial score (nSPS) is 12.3. The number of halogens is 2. The molecule has 0 saturated heterocycles. The van der Waals surface area contributed by atoms with Crippen LogP contribution in [0.1, 0.15) is 18.2 Å². The van der Waals surface area contributed by atoms with Crippen molar-refractivity contribution in [2.24, 2.45) is 0 Å². The van der Waals surface area contributed by atoms with Crippen molar-refractivity contribution in [2.45, 2.75) is 25.8 Å². The van der Waals surface area contributed by atoms with E-state index in [1.54, 1.807) is 18.3 Å². The molecule has 0 fully saturated rings. The lowest BCUT2D eigenvalue weighted by Crippen LogP contribution is -2.33. The molecule has 1 unspecified atom stereocenters. The van der Waals surface area contributed by atoms with Crippen molar-refractivity contribution in [3.8, 4) is 0 Å². The van der Waals surface area contributed by atoms with Crippen molar-refractivity contribution < 1.29 is 4.39 Å². The lowest BCUT2D eigenvalue weighted by atomic mass is 10.0. The average Bonchev–Trinajstić information content (AvgIpc) is 2.44. The molecule has 2 rings (SSSR count). The molecule has 0 aliphatic heterocycles. The third-order valence-electron chi connectivity index (χ3n) is 3.15. The Balaban J connectivity index is 2.11. The fraction of sp³-hybridized carbons (Fsp3) is 0.312. The maximum Gasteiger partial charge on any atom is 0.123 e. The van der Waals surface area contributed by atoms with Crippen LogP contribution in [0, 0.1) is 5.82 Å². The second-order valence-electron chi connectivity index (χ2n) is 4.72. The van der Waals surface area contributed by atoms with E-state index in [0.717, 1.165) is 35.1 Å². The van der Waals surface area contributed by atoms with Crippen LogP contribution in [0.3, 0.4) is 0 Å². The molecule has 106 valence electrons. The molecule has 0 amide bonds. The van der Waals surface area contributed by atoms with E-state index in [4.69, 9.17) is 0 Å². The van der Waals surface area contributed by atoms with Crippen molar-refractivity contribution >= 4 is 15.9 Å². The molecule has 0 spiro atoms. The van der Waals surface area contributed by atoms with Crippen LogP contribution in [0.4, 0.5) is 4.39 Å². The summed E-state index contributed by atoms with van der Waals surface area (Å²) in [5, 5.41) is 3.44. The summed E-state index contributed by atoms with van der Waals surface area (Å²) in [7, 11) is 0. The van der Waals surface area contributed by atoms with Gasteiger partial charge in [-0.25, -0.2) is 4.39 Å². The Kier molecular flexibility index (Phi) is 5.68. The zero-order valence-corrected chi connectivity index (χ0v) is 13.0. The van der Waals surface area contributed by atoms with Crippen LogP contribution < -0.4 is 5.32 Å². The van der Waals surface area contributed by atoms with Gasteiger partial charge in [-0.2, -0.15) is 0 Å². The monoisotopic (exact) mass is 336 g/mol. The number of rotatable bonds is 6. The largest absolute Gasteiger partial charge is 0.314 e. The number of aromatic nitrogens is 1. The first-order valence-corrected chi connectivity index (χ1v) is 7.55. The quantitative estimate of drug-likeness (QED) is 0.868. The van der Waals surface area contributed by atoms with Crippen LogP contribution in [0.25, 0.3) is 0 Å². The molecule has 1 N–H and O–H groups in total. The van der Waals surface area contributed by atoms with E-state index >= 15 is 0 Å². The van der Waals surface area contributed by atoms with Gasteiger partial charge in [-0.1, -0.05) is 28.9 Å². The van der Waals surface area contributed by atoms with Gasteiger partial charge in [-0.05, 0) is 48.9 Å². The number of likely N-dealkylation sites (N-methyl/N-ethyl adjacent to an activating group) is 1. The van der Waals surface area contributed by atoms with Crippen molar-refractivity contribution in [2.75, 3.05) is 6.54 Å². The topological polar surface area (TPSA) is 24.9 Å². The van der Waals surface area contributed by atoms with Gasteiger partial charge < -0.3 is 5.32 Å². The lowest BCUT2D eigenvalue weighted by Gasteiger charge is -2.18. The van der Waals surface area contributed by atoms with Gasteiger partial charge in [0.25, 0.3) is 0 Å². The van der Waals surface area contributed by atoms with Gasteiger partial charge >= 0.3 is 0 Å². The van der Waals surface area contributed by atoms with Gasteiger partial charge in [-0.3, -0.25) is 4.98 Å². The van der Waals surface area contributed by atoms with E-state index in [0.29, 0.717) is 0 Å². The minimum Gasteiger partial charge on any atom is -0.314 e. The molecule has 0 bridgehead atoms. The summed E-state index contributed by atoms with van der Waals surface area (Å²) in [5.74, 6) is -0.198. The second kappa shape index (κ2) is 7.50. The SMILES string of the molecule is CCNC(Cc1ccccn1)Cc1cc(F)ccc1Br. The maximum atomic E-state index is 13.4. The van der Waals surface area contributed by atoms with Gasteiger partial charge in [0, 0.05) is 28.8 Å². The molecule has 0 saturated carbocycles. The molecule has 1 aromatic carbocycles. The third-order valence-corrected chi connectivity index (χ3v) is 3.92. The average molecular weight is 337 g/mol. The summed E-state index contributed by atoms with van der Waals surface area (Å²) >= 11 is 3.49. The summed E-state index contributed by atoms with van der Waals surface area (Å²) < 4.78 is 14.3. The van der Waals surface area contributed by atoms with Gasteiger partial charge in [0.05, 0.1) is 0 Å². The zero-order valence-electron chi connectivity index (χ0n) is 11.4. The van der Waals surface area contributed by atoms with Crippen molar-refractivity contribution in [1.82, 2.24) is 10.3 Å². The van der Waals surface area contributed by atoms with Crippen LogP contribution in [0.5, 0.6) is 0 Å². The molecule has 2 aromatic rings. The highest BCUT2D eigenvalue weighted by molar-refractivity contribution is 9.10. The van der Waals surface area contributed by atoms with Gasteiger partial charge in [-0.15, -0.1) is 0 Å². The zero-order chi connectivity index (χ0) is 14.4. The van der Waals surface area contributed by atoms with Gasteiger partial charge in [0.2, 0.25) is 0 Å². The predicted molar refractivity (Wildman–Crippen MR) is 83.2 cm³/mol. The van der Waals surface area contributed by atoms with Crippen LogP contribution >= 0.6 is 15.9 Å². The molecular weight excluding hydrogens is 319 g/mol. The number of pyridine rings is 1. The van der Waals surface area contributed by atoms with E-state index < -0.39 is 0 Å². The molecule has 0 radical (unpaired) electrons. The lowest BCUT2D eigenvalue weighted by molar-refractivity contribution is 0.514. The number of hydrogen-bond acceptors (Lipinski definition) is 2. The Bertz CT molecular complexity index is 545. The maximum absolute atomic E-state index is 13.4. The Labute approximate surface area is 127 Å². The van der Waals surface area contributed by atoms with Crippen molar-refractivity contribution in [3.05, 3.63) is 64.1 Å². The van der Waals surface area contributed by atoms with Crippen LogP contribution in [0.2, 0.25) is 0 Å². The van der Waals surface area contributed by atoms with Crippen LogP contribution in [-0.4, -0.2) is 17.6 Å². The Morgan fingerprint density at radius 2 is 2.10 bits per heavy atom. The van der Waals surface area contributed by atoms with E-state index in [1.807, 2.05) is 18.2 Å². The van der Waals surface area contributed by atoms with E-state index in [1.165, 1.54) is 6.07 Å². The van der Waals surface area contributed by atoms with E-state index in [-0.39, 0.29) is 11.9 Å². The summed E-state index contributed by atoms with van der Waals surface area (Å²) in [6.07, 6.45) is 3.40. The highest BCUT2D eigenvalue weighted by atomic mass is 79.9. The molecule has 0 aliphatic rings. The molecular formula is C16H18BrFN2. The molecule has 1 aromatic heterocycles. The number of benzene rings is 1. The van der Waals surface area contributed by atoms with Gasteiger partial charge in [0.1, 0.15) is 5.82 Å². The first-order valence-electron chi connectivity index (χ1n) is 6.76. The van der Waals surface area contributed by atoms with Crippen molar-refractivity contribution in [3.63, 3.8) is 0 Å². The van der Waals surface area contributed by atoms with E-state index in [2.05, 4.69) is 33.2 Å². The van der Waals surface area contributed by atoms with Crippen molar-refractivity contribution in [1.29, 1.82) is 0 Å². The molecule has 20 heavy (non-hydrogen) atoms. The fourth-order valence-corrected chi connectivity index (χ4v) is 2.65. The van der Waals surface area contributed by atoms with Gasteiger partial charge in [0.15, 0.2) is 0 Å². The molecule has 1 heterocycles. The summed E-state index contributed by atoms with van der Waals surface area (Å²) in [4.78, 5) is 4.36. The van der Waals surface area contributed by atoms with E-state index in [9.17, 15) is 4.39 Å². The number of nitrogens with zero attached hydrogens (tertiary/aromatic N) is 1. The Hall–Kier alpha value is -1.26. The highest BCUT2D eigenvalue weighted by Crippen LogP contribution is 2.20. The Morgan fingerprint density at radius 1 is 1.25 bits per heavy atom. The number of nitrogens with one attached hydrogen (secondary N) is 1. The molecule has 1 atom stereocenters. The summed E-state index contributed by atoms with van der Waals surface area (Å²) in [6, 6.07) is 11.0. The summed E-state index contributed by atoms with van der Waals surface area (Å²) in [6.45, 7) is 2.95. The minimum atomic E-state index is -0.198. The minimum absolute atomic E-state index is 0.198.